The van der Waals surface area contributed by atoms with E-state index in [1.165, 1.54) is 11.8 Å². The number of benzene rings is 1. The lowest BCUT2D eigenvalue weighted by Gasteiger charge is -2.01. The first-order chi connectivity index (χ1) is 12.1. The molecule has 2 aromatic heterocycles. The third-order valence-electron chi connectivity index (χ3n) is 3.45. The molecule has 3 aromatic rings. The van der Waals surface area contributed by atoms with Crippen LogP contribution >= 0.6 is 11.8 Å². The number of carbonyl (C=O) groups is 1. The minimum Gasteiger partial charge on any atom is -0.465 e. The van der Waals surface area contributed by atoms with Gasteiger partial charge in [-0.15, -0.1) is 0 Å². The molecule has 0 aliphatic carbocycles. The molecule has 3 rings (SSSR count). The molecule has 0 aliphatic rings. The maximum Gasteiger partial charge on any atom is 0.250 e. The normalized spacial score (nSPS) is 12.2. The number of para-hydroxylation sites is 2. The maximum atomic E-state index is 11.9. The van der Waals surface area contributed by atoms with Gasteiger partial charge in [-0.3, -0.25) is 4.79 Å². The molecule has 7 heteroatoms. The van der Waals surface area contributed by atoms with E-state index in [0.717, 1.165) is 27.5 Å². The molecular weight excluding hydrogens is 336 g/mol. The lowest BCUT2D eigenvalue weighted by atomic mass is 10.3. The summed E-state index contributed by atoms with van der Waals surface area (Å²) in [5, 5.41) is 4.75. The number of allylic oxidation sites excluding steroid dienone is 1. The summed E-state index contributed by atoms with van der Waals surface area (Å²) < 4.78 is 7.20. The molecule has 1 aromatic carbocycles. The molecule has 1 amide bonds. The number of hydrazone groups is 1. The van der Waals surface area contributed by atoms with Gasteiger partial charge in [-0.1, -0.05) is 23.9 Å². The molecule has 25 heavy (non-hydrogen) atoms. The molecule has 0 aliphatic heterocycles. The summed E-state index contributed by atoms with van der Waals surface area (Å²) in [6.45, 7) is 1.88. The van der Waals surface area contributed by atoms with Gasteiger partial charge in [-0.2, -0.15) is 5.10 Å². The Balaban J connectivity index is 1.52. The quantitative estimate of drug-likeness (QED) is 0.418. The molecule has 0 saturated heterocycles. The molecule has 0 radical (unpaired) electrons. The van der Waals surface area contributed by atoms with Crippen LogP contribution in [0.2, 0.25) is 0 Å². The van der Waals surface area contributed by atoms with Gasteiger partial charge in [0, 0.05) is 7.05 Å². The molecule has 0 atom stereocenters. The van der Waals surface area contributed by atoms with Crippen molar-refractivity contribution < 1.29 is 9.21 Å². The maximum absolute atomic E-state index is 11.9. The summed E-state index contributed by atoms with van der Waals surface area (Å²) in [4.78, 5) is 16.4. The van der Waals surface area contributed by atoms with Crippen molar-refractivity contribution in [2.24, 2.45) is 12.1 Å². The summed E-state index contributed by atoms with van der Waals surface area (Å²) in [7, 11) is 1.94. The summed E-state index contributed by atoms with van der Waals surface area (Å²) in [6.07, 6.45) is 5.03. The zero-order valence-corrected chi connectivity index (χ0v) is 14.8. The predicted octanol–water partition coefficient (Wildman–Crippen LogP) is 3.46. The van der Waals surface area contributed by atoms with Gasteiger partial charge in [0.1, 0.15) is 5.76 Å². The lowest BCUT2D eigenvalue weighted by Crippen LogP contribution is -2.19. The Morgan fingerprint density at radius 2 is 2.20 bits per heavy atom. The number of fused-ring (bicyclic) bond motifs is 1. The summed E-state index contributed by atoms with van der Waals surface area (Å²) in [6, 6.07) is 11.5. The Hall–Kier alpha value is -2.80. The first-order valence-electron chi connectivity index (χ1n) is 7.71. The highest BCUT2D eigenvalue weighted by Crippen LogP contribution is 2.22. The number of aryl methyl sites for hydroxylation is 1. The first kappa shape index (κ1) is 17.0. The molecule has 2 heterocycles. The zero-order valence-electron chi connectivity index (χ0n) is 14.0. The highest BCUT2D eigenvalue weighted by molar-refractivity contribution is 7.99. The molecule has 0 fully saturated rings. The van der Waals surface area contributed by atoms with Gasteiger partial charge in [0.25, 0.3) is 5.91 Å². The van der Waals surface area contributed by atoms with Crippen molar-refractivity contribution in [2.45, 2.75) is 12.1 Å². The van der Waals surface area contributed by atoms with Crippen LogP contribution in [0.3, 0.4) is 0 Å². The third-order valence-corrected chi connectivity index (χ3v) is 4.48. The third kappa shape index (κ3) is 4.39. The Morgan fingerprint density at radius 1 is 1.36 bits per heavy atom. The van der Waals surface area contributed by atoms with Crippen LogP contribution in [0.25, 0.3) is 17.1 Å². The molecule has 6 nitrogen and oxygen atoms in total. The van der Waals surface area contributed by atoms with E-state index in [2.05, 4.69) is 15.5 Å². The van der Waals surface area contributed by atoms with E-state index in [0.29, 0.717) is 0 Å². The molecule has 0 saturated carbocycles. The van der Waals surface area contributed by atoms with Crippen molar-refractivity contribution in [2.75, 3.05) is 5.75 Å². The molecular formula is C18H18N4O2S. The number of imidazole rings is 1. The number of carbonyl (C=O) groups excluding carboxylic acids is 1. The number of hydrogen-bond donors (Lipinski definition) is 1. The molecule has 0 spiro atoms. The standard InChI is InChI=1S/C18H18N4O2S/c1-13(10-14-6-5-9-24-14)11-19-21-17(23)12-25-18-20-15-7-3-4-8-16(15)22(18)2/h3-11H,12H2,1-2H3,(H,21,23)/b13-10+,19-11+. The van der Waals surface area contributed by atoms with Crippen LogP contribution in [0.1, 0.15) is 12.7 Å². The van der Waals surface area contributed by atoms with Crippen LogP contribution in [-0.4, -0.2) is 27.4 Å². The second kappa shape index (κ2) is 7.85. The number of nitrogens with one attached hydrogen (secondary N) is 1. The Morgan fingerprint density at radius 3 is 2.96 bits per heavy atom. The number of rotatable bonds is 6. The Kier molecular flexibility index (Phi) is 5.35. The van der Waals surface area contributed by atoms with Gasteiger partial charge in [0.05, 0.1) is 29.3 Å². The van der Waals surface area contributed by atoms with Gasteiger partial charge in [-0.05, 0) is 42.8 Å². The largest absolute Gasteiger partial charge is 0.465 e. The van der Waals surface area contributed by atoms with Crippen LogP contribution in [0.5, 0.6) is 0 Å². The van der Waals surface area contributed by atoms with Crippen LogP contribution in [0.4, 0.5) is 0 Å². The van der Waals surface area contributed by atoms with Crippen molar-refractivity contribution in [1.82, 2.24) is 15.0 Å². The molecule has 1 N–H and O–H groups in total. The minimum absolute atomic E-state index is 0.181. The average molecular weight is 354 g/mol. The van der Waals surface area contributed by atoms with E-state index < -0.39 is 0 Å². The van der Waals surface area contributed by atoms with E-state index in [1.54, 1.807) is 12.5 Å². The smallest absolute Gasteiger partial charge is 0.250 e. The highest BCUT2D eigenvalue weighted by Gasteiger charge is 2.09. The van der Waals surface area contributed by atoms with E-state index in [9.17, 15) is 4.79 Å². The number of thioether (sulfide) groups is 1. The molecule has 0 bridgehead atoms. The number of furan rings is 1. The summed E-state index contributed by atoms with van der Waals surface area (Å²) in [5.74, 6) is 0.807. The van der Waals surface area contributed by atoms with E-state index in [-0.39, 0.29) is 11.7 Å². The summed E-state index contributed by atoms with van der Waals surface area (Å²) >= 11 is 1.38. The van der Waals surface area contributed by atoms with Gasteiger partial charge in [-0.25, -0.2) is 10.4 Å². The van der Waals surface area contributed by atoms with Crippen molar-refractivity contribution in [1.29, 1.82) is 0 Å². The topological polar surface area (TPSA) is 72.4 Å². The van der Waals surface area contributed by atoms with Gasteiger partial charge in [0.2, 0.25) is 0 Å². The molecule has 128 valence electrons. The van der Waals surface area contributed by atoms with Crippen LogP contribution in [0, 0.1) is 0 Å². The Bertz CT molecular complexity index is 926. The van der Waals surface area contributed by atoms with Crippen LogP contribution < -0.4 is 5.43 Å². The highest BCUT2D eigenvalue weighted by atomic mass is 32.2. The SMILES string of the molecule is CC(/C=N/NC(=O)CSc1nc2ccccc2n1C)=C\c1ccco1. The monoisotopic (exact) mass is 354 g/mol. The molecule has 0 unspecified atom stereocenters. The van der Waals surface area contributed by atoms with Crippen molar-refractivity contribution in [3.8, 4) is 0 Å². The van der Waals surface area contributed by atoms with Crippen molar-refractivity contribution >= 4 is 41.0 Å². The number of nitrogens with zero attached hydrogens (tertiary/aromatic N) is 3. The average Bonchev–Trinajstić information content (AvgIpc) is 3.21. The van der Waals surface area contributed by atoms with E-state index in [1.807, 2.05) is 61.0 Å². The second-order valence-corrected chi connectivity index (χ2v) is 6.37. The van der Waals surface area contributed by atoms with E-state index >= 15 is 0 Å². The Labute approximate surface area is 149 Å². The van der Waals surface area contributed by atoms with Crippen molar-refractivity contribution in [3.63, 3.8) is 0 Å². The number of aromatic nitrogens is 2. The fourth-order valence-corrected chi connectivity index (χ4v) is 3.04. The fraction of sp³-hybridized carbons (Fsp3) is 0.167. The van der Waals surface area contributed by atoms with Gasteiger partial charge in [0.15, 0.2) is 5.16 Å². The first-order valence-corrected chi connectivity index (χ1v) is 8.70. The minimum atomic E-state index is -0.181. The predicted molar refractivity (Wildman–Crippen MR) is 100 cm³/mol. The zero-order chi connectivity index (χ0) is 17.6. The van der Waals surface area contributed by atoms with E-state index in [4.69, 9.17) is 4.42 Å². The van der Waals surface area contributed by atoms with Gasteiger partial charge < -0.3 is 8.98 Å². The van der Waals surface area contributed by atoms with Crippen LogP contribution in [0.15, 0.2) is 62.9 Å². The fourth-order valence-electron chi connectivity index (χ4n) is 2.26. The van der Waals surface area contributed by atoms with Gasteiger partial charge >= 0.3 is 0 Å². The van der Waals surface area contributed by atoms with Crippen molar-refractivity contribution in [3.05, 3.63) is 54.0 Å². The summed E-state index contributed by atoms with van der Waals surface area (Å²) in [5.41, 5.74) is 5.36. The lowest BCUT2D eigenvalue weighted by molar-refractivity contribution is -0.118. The number of hydrogen-bond acceptors (Lipinski definition) is 5. The second-order valence-electron chi connectivity index (χ2n) is 5.43. The van der Waals surface area contributed by atoms with Crippen LogP contribution in [-0.2, 0) is 11.8 Å². The number of amides is 1.